The summed E-state index contributed by atoms with van der Waals surface area (Å²) >= 11 is 0. The molecular weight excluding hydrogens is 372 g/mol. The first-order valence-corrected chi connectivity index (χ1v) is 8.73. The van der Waals surface area contributed by atoms with Gasteiger partial charge in [0.05, 0.1) is 12.8 Å². The molecular formula is C22H20N2O5. The van der Waals surface area contributed by atoms with Crippen LogP contribution in [0.25, 0.3) is 6.08 Å². The van der Waals surface area contributed by atoms with Gasteiger partial charge in [-0.2, -0.15) is 5.26 Å². The number of rotatable bonds is 7. The Balaban J connectivity index is 2.10. The summed E-state index contributed by atoms with van der Waals surface area (Å²) < 4.78 is 10.2. The number of nitriles is 1. The Morgan fingerprint density at radius 2 is 1.86 bits per heavy atom. The number of esters is 1. The Hall–Kier alpha value is -3.92. The molecule has 29 heavy (non-hydrogen) atoms. The van der Waals surface area contributed by atoms with E-state index >= 15 is 0 Å². The molecule has 1 amide bonds. The summed E-state index contributed by atoms with van der Waals surface area (Å²) in [5, 5.41) is 11.8. The van der Waals surface area contributed by atoms with Gasteiger partial charge in [0.2, 0.25) is 0 Å². The Morgan fingerprint density at radius 3 is 2.52 bits per heavy atom. The molecule has 0 saturated heterocycles. The maximum Gasteiger partial charge on any atom is 0.349 e. The predicted molar refractivity (Wildman–Crippen MR) is 107 cm³/mol. The second-order valence-electron chi connectivity index (χ2n) is 6.08. The minimum absolute atomic E-state index is 0.210. The summed E-state index contributed by atoms with van der Waals surface area (Å²) in [6.45, 7) is 2.77. The highest BCUT2D eigenvalue weighted by Gasteiger charge is 2.21. The van der Waals surface area contributed by atoms with Crippen LogP contribution < -0.4 is 10.1 Å². The van der Waals surface area contributed by atoms with E-state index in [4.69, 9.17) is 9.47 Å². The third-order valence-corrected chi connectivity index (χ3v) is 3.96. The van der Waals surface area contributed by atoms with Crippen molar-refractivity contribution in [1.82, 2.24) is 0 Å². The van der Waals surface area contributed by atoms with Gasteiger partial charge in [-0.3, -0.25) is 9.59 Å². The standard InChI is InChI=1S/C22H20N2O5/c1-14(25)19-9-4-5-10-20(19)24-21(26)15(2)29-22(27)17(13-23)11-16-7-6-8-18(12-16)28-3/h4-12,15H,1-3H3,(H,24,26)/b17-11+/t15-/m0/s1. The number of carbonyl (C=O) groups is 3. The monoisotopic (exact) mass is 392 g/mol. The maximum absolute atomic E-state index is 12.4. The van der Waals surface area contributed by atoms with Crippen molar-refractivity contribution >= 4 is 29.4 Å². The number of carbonyl (C=O) groups excluding carboxylic acids is 3. The van der Waals surface area contributed by atoms with Gasteiger partial charge in [0, 0.05) is 5.56 Å². The van der Waals surface area contributed by atoms with Crippen molar-refractivity contribution in [1.29, 1.82) is 5.26 Å². The highest BCUT2D eigenvalue weighted by atomic mass is 16.5. The molecule has 0 aliphatic carbocycles. The molecule has 0 aliphatic heterocycles. The summed E-state index contributed by atoms with van der Waals surface area (Å²) in [4.78, 5) is 36.3. The SMILES string of the molecule is COc1cccc(/C=C(\C#N)C(=O)O[C@@H](C)C(=O)Nc2ccccc2C(C)=O)c1. The van der Waals surface area contributed by atoms with Crippen molar-refractivity contribution in [2.45, 2.75) is 20.0 Å². The van der Waals surface area contributed by atoms with Crippen LogP contribution in [0.3, 0.4) is 0 Å². The number of nitrogens with zero attached hydrogens (tertiary/aromatic N) is 1. The fraction of sp³-hybridized carbons (Fsp3) is 0.182. The second kappa shape index (κ2) is 9.85. The number of amides is 1. The molecule has 1 N–H and O–H groups in total. The molecule has 7 nitrogen and oxygen atoms in total. The number of para-hydroxylation sites is 1. The minimum Gasteiger partial charge on any atom is -0.497 e. The molecule has 0 bridgehead atoms. The highest BCUT2D eigenvalue weighted by Crippen LogP contribution is 2.18. The summed E-state index contributed by atoms with van der Waals surface area (Å²) in [7, 11) is 1.51. The third kappa shape index (κ3) is 5.78. The number of ketones is 1. The number of ether oxygens (including phenoxy) is 2. The molecule has 148 valence electrons. The molecule has 0 unspecified atom stereocenters. The van der Waals surface area contributed by atoms with E-state index in [1.165, 1.54) is 27.0 Å². The van der Waals surface area contributed by atoms with Gasteiger partial charge in [-0.25, -0.2) is 4.79 Å². The van der Waals surface area contributed by atoms with Gasteiger partial charge in [-0.05, 0) is 49.8 Å². The van der Waals surface area contributed by atoms with Gasteiger partial charge in [0.15, 0.2) is 11.9 Å². The van der Waals surface area contributed by atoms with Gasteiger partial charge >= 0.3 is 5.97 Å². The Kier molecular flexibility index (Phi) is 7.26. The lowest BCUT2D eigenvalue weighted by molar-refractivity contribution is -0.148. The van der Waals surface area contributed by atoms with E-state index in [0.717, 1.165) is 0 Å². The molecule has 0 fully saturated rings. The number of methoxy groups -OCH3 is 1. The summed E-state index contributed by atoms with van der Waals surface area (Å²) in [6, 6.07) is 15.1. The van der Waals surface area contributed by atoms with Crippen LogP contribution in [-0.4, -0.2) is 30.9 Å². The lowest BCUT2D eigenvalue weighted by atomic mass is 10.1. The Bertz CT molecular complexity index is 1000. The lowest BCUT2D eigenvalue weighted by Gasteiger charge is -2.14. The highest BCUT2D eigenvalue weighted by molar-refractivity contribution is 6.05. The average molecular weight is 392 g/mol. The summed E-state index contributed by atoms with van der Waals surface area (Å²) in [5.41, 5.74) is 0.975. The molecule has 0 aliphatic rings. The minimum atomic E-state index is -1.18. The zero-order chi connectivity index (χ0) is 21.4. The number of nitrogens with one attached hydrogen (secondary N) is 1. The van der Waals surface area contributed by atoms with Crippen molar-refractivity contribution in [2.24, 2.45) is 0 Å². The number of hydrogen-bond acceptors (Lipinski definition) is 6. The Morgan fingerprint density at radius 1 is 1.14 bits per heavy atom. The smallest absolute Gasteiger partial charge is 0.349 e. The van der Waals surface area contributed by atoms with Gasteiger partial charge in [-0.15, -0.1) is 0 Å². The van der Waals surface area contributed by atoms with E-state index < -0.39 is 18.0 Å². The topological polar surface area (TPSA) is 105 Å². The zero-order valence-electron chi connectivity index (χ0n) is 16.3. The Labute approximate surface area is 168 Å². The number of benzene rings is 2. The van der Waals surface area contributed by atoms with Gasteiger partial charge in [-0.1, -0.05) is 24.3 Å². The van der Waals surface area contributed by atoms with Crippen LogP contribution in [0.5, 0.6) is 5.75 Å². The molecule has 2 aromatic rings. The molecule has 0 saturated carbocycles. The normalized spacial score (nSPS) is 11.7. The van der Waals surface area contributed by atoms with Crippen molar-refractivity contribution in [3.05, 3.63) is 65.2 Å². The van der Waals surface area contributed by atoms with Crippen LogP contribution in [0.15, 0.2) is 54.1 Å². The van der Waals surface area contributed by atoms with Crippen LogP contribution in [0.4, 0.5) is 5.69 Å². The quantitative estimate of drug-likeness (QED) is 0.335. The third-order valence-electron chi connectivity index (χ3n) is 3.96. The molecule has 2 rings (SSSR count). The van der Waals surface area contributed by atoms with Crippen LogP contribution in [0.1, 0.15) is 29.8 Å². The van der Waals surface area contributed by atoms with E-state index in [2.05, 4.69) is 5.32 Å². The van der Waals surface area contributed by atoms with Crippen LogP contribution >= 0.6 is 0 Å². The number of anilines is 1. The molecule has 0 radical (unpaired) electrons. The van der Waals surface area contributed by atoms with E-state index in [1.807, 2.05) is 0 Å². The van der Waals surface area contributed by atoms with Crippen LogP contribution in [0.2, 0.25) is 0 Å². The first-order valence-electron chi connectivity index (χ1n) is 8.73. The molecule has 2 aromatic carbocycles. The van der Waals surface area contributed by atoms with Gasteiger partial charge in [0.25, 0.3) is 5.91 Å². The van der Waals surface area contributed by atoms with E-state index in [-0.39, 0.29) is 11.4 Å². The van der Waals surface area contributed by atoms with Gasteiger partial charge in [0.1, 0.15) is 17.4 Å². The lowest BCUT2D eigenvalue weighted by Crippen LogP contribution is -2.30. The van der Waals surface area contributed by atoms with Crippen molar-refractivity contribution in [2.75, 3.05) is 12.4 Å². The fourth-order valence-electron chi connectivity index (χ4n) is 2.45. The zero-order valence-corrected chi connectivity index (χ0v) is 16.3. The molecule has 0 spiro atoms. The van der Waals surface area contributed by atoms with Crippen molar-refractivity contribution in [3.63, 3.8) is 0 Å². The molecule has 0 aromatic heterocycles. The van der Waals surface area contributed by atoms with E-state index in [1.54, 1.807) is 54.6 Å². The number of hydrogen-bond donors (Lipinski definition) is 1. The number of Topliss-reactive ketones (excluding diaryl/α,β-unsaturated/α-hetero) is 1. The van der Waals surface area contributed by atoms with E-state index in [0.29, 0.717) is 22.6 Å². The predicted octanol–water partition coefficient (Wildman–Crippen LogP) is 3.38. The first kappa shape index (κ1) is 21.4. The van der Waals surface area contributed by atoms with Crippen LogP contribution in [-0.2, 0) is 14.3 Å². The molecule has 1 atom stereocenters. The first-order chi connectivity index (χ1) is 13.8. The van der Waals surface area contributed by atoms with Crippen molar-refractivity contribution < 1.29 is 23.9 Å². The van der Waals surface area contributed by atoms with E-state index in [9.17, 15) is 19.6 Å². The van der Waals surface area contributed by atoms with Gasteiger partial charge < -0.3 is 14.8 Å². The van der Waals surface area contributed by atoms with Crippen molar-refractivity contribution in [3.8, 4) is 11.8 Å². The fourth-order valence-corrected chi connectivity index (χ4v) is 2.45. The second-order valence-corrected chi connectivity index (χ2v) is 6.08. The maximum atomic E-state index is 12.4. The summed E-state index contributed by atoms with van der Waals surface area (Å²) in [5.74, 6) is -1.19. The summed E-state index contributed by atoms with van der Waals surface area (Å²) in [6.07, 6.45) is 0.171. The largest absolute Gasteiger partial charge is 0.497 e. The molecule has 7 heteroatoms. The average Bonchev–Trinajstić information content (AvgIpc) is 2.72. The molecule has 0 heterocycles. The van der Waals surface area contributed by atoms with Crippen LogP contribution in [0, 0.1) is 11.3 Å².